The minimum absolute atomic E-state index is 0.178. The number of benzene rings is 10. The lowest BCUT2D eigenvalue weighted by molar-refractivity contribution is 0.669. The van der Waals surface area contributed by atoms with Crippen LogP contribution in [0.5, 0.6) is 0 Å². The van der Waals surface area contributed by atoms with E-state index in [4.69, 9.17) is 9.90 Å². The molecule has 11 aromatic rings. The molecule has 0 aliphatic heterocycles. The van der Waals surface area contributed by atoms with Crippen molar-refractivity contribution in [2.24, 2.45) is 0 Å². The van der Waals surface area contributed by atoms with Gasteiger partial charge in [0.25, 0.3) is 0 Å². The second-order valence-corrected chi connectivity index (χ2v) is 13.0. The third-order valence-corrected chi connectivity index (χ3v) is 10.2. The lowest BCUT2D eigenvalue weighted by atomic mass is 9.83. The van der Waals surface area contributed by atoms with E-state index in [-0.39, 0.29) is 45.7 Å². The van der Waals surface area contributed by atoms with Crippen molar-refractivity contribution in [3.8, 4) is 33.4 Å². The fourth-order valence-electron chi connectivity index (χ4n) is 7.95. The predicted molar refractivity (Wildman–Crippen MR) is 218 cm³/mol. The highest BCUT2D eigenvalue weighted by molar-refractivity contribution is 6.24. The van der Waals surface area contributed by atoms with Crippen molar-refractivity contribution in [2.45, 2.75) is 0 Å². The van der Waals surface area contributed by atoms with Gasteiger partial charge in [0, 0.05) is 10.8 Å². The Morgan fingerprint density at radius 2 is 0.941 bits per heavy atom. The van der Waals surface area contributed by atoms with E-state index in [0.29, 0.717) is 27.8 Å². The van der Waals surface area contributed by atoms with Crippen LogP contribution in [0.25, 0.3) is 109 Å². The molecule has 0 N–H and O–H groups in total. The molecule has 51 heavy (non-hydrogen) atoms. The highest BCUT2D eigenvalue weighted by atomic mass is 16.3. The molecule has 10 aromatic carbocycles. The molecule has 0 aliphatic rings. The van der Waals surface area contributed by atoms with Gasteiger partial charge in [-0.25, -0.2) is 0 Å². The largest absolute Gasteiger partial charge is 0.456 e. The molecule has 0 fully saturated rings. The van der Waals surface area contributed by atoms with Crippen LogP contribution >= 0.6 is 0 Å². The molecular weight excluding hydrogens is 617 g/mol. The first-order chi connectivity index (χ1) is 28.6. The Kier molecular flexibility index (Phi) is 4.57. The van der Waals surface area contributed by atoms with Gasteiger partial charge in [-0.15, -0.1) is 0 Å². The topological polar surface area (TPSA) is 13.1 Å². The summed E-state index contributed by atoms with van der Waals surface area (Å²) in [6.45, 7) is 0. The van der Waals surface area contributed by atoms with E-state index in [2.05, 4.69) is 30.3 Å². The van der Waals surface area contributed by atoms with Crippen molar-refractivity contribution in [1.29, 1.82) is 0 Å². The molecular formula is C50H30O. The van der Waals surface area contributed by atoms with Crippen LogP contribution in [0.1, 0.15) is 11.0 Å². The first-order valence-corrected chi connectivity index (χ1v) is 16.9. The van der Waals surface area contributed by atoms with E-state index in [1.165, 1.54) is 0 Å². The summed E-state index contributed by atoms with van der Waals surface area (Å²) in [5.74, 6) is 0. The third kappa shape index (κ3) is 4.28. The summed E-state index contributed by atoms with van der Waals surface area (Å²) in [5, 5.41) is 8.16. The number of furan rings is 1. The number of fused-ring (bicyclic) bond motifs is 8. The van der Waals surface area contributed by atoms with Crippen LogP contribution in [0.3, 0.4) is 0 Å². The zero-order chi connectivity index (χ0) is 40.4. The fourth-order valence-corrected chi connectivity index (χ4v) is 7.95. The summed E-state index contributed by atoms with van der Waals surface area (Å²) in [4.78, 5) is 0. The molecule has 0 atom stereocenters. The minimum atomic E-state index is -0.435. The second kappa shape index (κ2) is 10.9. The molecule has 0 saturated heterocycles. The third-order valence-electron chi connectivity index (χ3n) is 10.2. The normalized spacial score (nSPS) is 14.1. The van der Waals surface area contributed by atoms with E-state index in [1.54, 1.807) is 0 Å². The average Bonchev–Trinajstić information content (AvgIpc) is 3.63. The summed E-state index contributed by atoms with van der Waals surface area (Å²) < 4.78 is 80.4. The maximum atomic E-state index is 9.58. The van der Waals surface area contributed by atoms with Gasteiger partial charge in [-0.2, -0.15) is 0 Å². The Morgan fingerprint density at radius 3 is 1.67 bits per heavy atom. The molecule has 236 valence electrons. The Labute approximate surface area is 305 Å². The molecule has 11 rings (SSSR count). The first kappa shape index (κ1) is 21.4. The summed E-state index contributed by atoms with van der Waals surface area (Å²) >= 11 is 0. The molecule has 0 saturated carbocycles. The van der Waals surface area contributed by atoms with Crippen LogP contribution in [0, 0.1) is 0 Å². The second-order valence-electron chi connectivity index (χ2n) is 13.0. The van der Waals surface area contributed by atoms with Crippen LogP contribution in [-0.4, -0.2) is 0 Å². The number of hydrogen-bond donors (Lipinski definition) is 0. The van der Waals surface area contributed by atoms with Crippen molar-refractivity contribution in [2.75, 3.05) is 0 Å². The van der Waals surface area contributed by atoms with Gasteiger partial charge in [0.2, 0.25) is 0 Å². The Morgan fingerprint density at radius 1 is 0.353 bits per heavy atom. The maximum absolute atomic E-state index is 9.58. The van der Waals surface area contributed by atoms with Crippen LogP contribution in [0.4, 0.5) is 0 Å². The van der Waals surface area contributed by atoms with E-state index in [9.17, 15) is 5.48 Å². The van der Waals surface area contributed by atoms with Gasteiger partial charge in [0.1, 0.15) is 11.2 Å². The van der Waals surface area contributed by atoms with Crippen LogP contribution in [-0.2, 0) is 0 Å². The van der Waals surface area contributed by atoms with E-state index in [0.717, 1.165) is 59.8 Å². The van der Waals surface area contributed by atoms with Crippen molar-refractivity contribution in [1.82, 2.24) is 0 Å². The molecule has 1 heteroatoms. The maximum Gasteiger partial charge on any atom is 0.136 e. The summed E-state index contributed by atoms with van der Waals surface area (Å²) in [7, 11) is 0. The van der Waals surface area contributed by atoms with Crippen molar-refractivity contribution >= 4 is 75.8 Å². The van der Waals surface area contributed by atoms with Gasteiger partial charge in [-0.1, -0.05) is 145 Å². The smallest absolute Gasteiger partial charge is 0.136 e. The fraction of sp³-hybridized carbons (Fsp3) is 0. The molecule has 0 aliphatic carbocycles. The monoisotopic (exact) mass is 654 g/mol. The minimum Gasteiger partial charge on any atom is -0.456 e. The molecule has 0 radical (unpaired) electrons. The molecule has 0 unspecified atom stereocenters. The highest BCUT2D eigenvalue weighted by Crippen LogP contribution is 2.47. The average molecular weight is 655 g/mol. The standard InChI is InChI=1S/C50H30O/c1-2-13-32-26-36(25-24-31(32)12-1)48-40-18-7-9-20-42(40)49(43-21-10-8-19-41(43)48)44-29-37(27-35-16-5-6-17-38(35)44)39-22-11-23-46-50(39)45-28-33-14-3-4-15-34(33)30-47(45)51-46/h1-30H/i7D,8D,9D,10D,18D,19D,20D,21D. The van der Waals surface area contributed by atoms with Crippen molar-refractivity contribution < 1.29 is 15.4 Å². The summed E-state index contributed by atoms with van der Waals surface area (Å²) in [6, 6.07) is 40.7. The molecule has 0 amide bonds. The van der Waals surface area contributed by atoms with Gasteiger partial charge in [0.15, 0.2) is 0 Å². The van der Waals surface area contributed by atoms with Gasteiger partial charge in [-0.3, -0.25) is 0 Å². The van der Waals surface area contributed by atoms with Crippen LogP contribution in [0.2, 0.25) is 0 Å². The molecule has 1 nitrogen and oxygen atoms in total. The van der Waals surface area contributed by atoms with Gasteiger partial charge < -0.3 is 4.42 Å². The highest BCUT2D eigenvalue weighted by Gasteiger charge is 2.20. The lowest BCUT2D eigenvalue weighted by Crippen LogP contribution is -1.92. The lowest BCUT2D eigenvalue weighted by Gasteiger charge is -2.20. The van der Waals surface area contributed by atoms with E-state index < -0.39 is 24.2 Å². The first-order valence-electron chi connectivity index (χ1n) is 20.9. The molecule has 0 bridgehead atoms. The Hall–Kier alpha value is -6.70. The zero-order valence-corrected chi connectivity index (χ0v) is 27.1. The summed E-state index contributed by atoms with van der Waals surface area (Å²) in [6.07, 6.45) is 0. The van der Waals surface area contributed by atoms with Gasteiger partial charge in [0.05, 0.1) is 11.0 Å². The molecule has 1 heterocycles. The Balaban J connectivity index is 1.34. The van der Waals surface area contributed by atoms with E-state index in [1.807, 2.05) is 103 Å². The summed E-state index contributed by atoms with van der Waals surface area (Å²) in [5.41, 5.74) is 4.93. The van der Waals surface area contributed by atoms with E-state index >= 15 is 0 Å². The van der Waals surface area contributed by atoms with Gasteiger partial charge in [-0.05, 0) is 124 Å². The molecule has 0 spiro atoms. The van der Waals surface area contributed by atoms with Crippen molar-refractivity contribution in [3.63, 3.8) is 0 Å². The van der Waals surface area contributed by atoms with Crippen LogP contribution < -0.4 is 0 Å². The Bertz CT molecular complexity index is 3580. The van der Waals surface area contributed by atoms with Crippen LogP contribution in [0.15, 0.2) is 186 Å². The van der Waals surface area contributed by atoms with Gasteiger partial charge >= 0.3 is 0 Å². The number of rotatable bonds is 3. The van der Waals surface area contributed by atoms with Crippen molar-refractivity contribution in [3.05, 3.63) is 182 Å². The molecule has 1 aromatic heterocycles. The SMILES string of the molecule is [2H]c1c([2H])c([2H])c2c(-c3cc(-c4cccc5oc6cc7ccccc7cc6c45)cc4ccccc34)c3c([2H])c([2H])c([2H])c([2H])c3c(-c3ccc4ccccc4c3)c2c1[2H]. The number of hydrogen-bond acceptors (Lipinski definition) is 1. The quantitative estimate of drug-likeness (QED) is 0.173. The zero-order valence-electron chi connectivity index (χ0n) is 35.1. The predicted octanol–water partition coefficient (Wildman–Crippen LogP) is 14.4.